The molecule has 2 aromatic rings. The molecule has 2 aromatic carbocycles. The number of rotatable bonds is 15. The normalized spacial score (nSPS) is 16.9. The van der Waals surface area contributed by atoms with Crippen molar-refractivity contribution in [2.75, 3.05) is 39.4 Å². The highest BCUT2D eigenvalue weighted by molar-refractivity contribution is 6.46. The van der Waals surface area contributed by atoms with Gasteiger partial charge < -0.3 is 24.4 Å². The summed E-state index contributed by atoms with van der Waals surface area (Å²) >= 11 is 0. The van der Waals surface area contributed by atoms with Crippen LogP contribution in [0.5, 0.6) is 11.5 Å². The molecule has 38 heavy (non-hydrogen) atoms. The first kappa shape index (κ1) is 29.2. The number of ketones is 1. The van der Waals surface area contributed by atoms with Gasteiger partial charge in [-0.3, -0.25) is 9.59 Å². The second-order valence-corrected chi connectivity index (χ2v) is 9.52. The Morgan fingerprint density at radius 3 is 2.03 bits per heavy atom. The van der Waals surface area contributed by atoms with Gasteiger partial charge in [-0.2, -0.15) is 0 Å². The molecule has 7 nitrogen and oxygen atoms in total. The lowest BCUT2D eigenvalue weighted by Gasteiger charge is -2.27. The fourth-order valence-electron chi connectivity index (χ4n) is 4.63. The van der Waals surface area contributed by atoms with E-state index < -0.39 is 17.7 Å². The third-order valence-electron chi connectivity index (χ3n) is 6.87. The molecular formula is C31H42N2O5. The van der Waals surface area contributed by atoms with Gasteiger partial charge in [-0.05, 0) is 80.9 Å². The lowest BCUT2D eigenvalue weighted by Crippen LogP contribution is -2.33. The smallest absolute Gasteiger partial charge is 0.295 e. The maximum absolute atomic E-state index is 13.3. The van der Waals surface area contributed by atoms with Crippen LogP contribution in [0.1, 0.15) is 70.5 Å². The van der Waals surface area contributed by atoms with Crippen LogP contribution >= 0.6 is 0 Å². The lowest BCUT2D eigenvalue weighted by molar-refractivity contribution is -0.140. The number of unbranched alkanes of at least 4 members (excludes halogenated alkanes) is 1. The molecule has 1 aliphatic heterocycles. The summed E-state index contributed by atoms with van der Waals surface area (Å²) in [5, 5.41) is 11.3. The molecule has 206 valence electrons. The van der Waals surface area contributed by atoms with E-state index in [1.807, 2.05) is 31.2 Å². The molecule has 1 saturated heterocycles. The number of carbonyl (C=O) groups excluding carboxylic acids is 2. The van der Waals surface area contributed by atoms with Crippen molar-refractivity contribution in [2.45, 2.75) is 59.4 Å². The molecule has 1 amide bonds. The Kier molecular flexibility index (Phi) is 11.2. The SMILES string of the molecule is CCCCOc1ccc(C(O)=C2C(=O)C(=O)N(CCCN(CC)CC)[C@@H]2c2ccc(OCCC)cc2)cc1. The quantitative estimate of drug-likeness (QED) is 0.138. The molecule has 0 aromatic heterocycles. The Balaban J connectivity index is 1.95. The highest BCUT2D eigenvalue weighted by Crippen LogP contribution is 2.40. The number of carbonyl (C=O) groups is 2. The topological polar surface area (TPSA) is 79.3 Å². The summed E-state index contributed by atoms with van der Waals surface area (Å²) in [6.45, 7) is 12.7. The van der Waals surface area contributed by atoms with Crippen molar-refractivity contribution < 1.29 is 24.2 Å². The summed E-state index contributed by atoms with van der Waals surface area (Å²) in [7, 11) is 0. The molecule has 1 aliphatic rings. The second kappa shape index (κ2) is 14.6. The Bertz CT molecular complexity index is 1070. The fraction of sp³-hybridized carbons (Fsp3) is 0.484. The molecule has 1 N–H and O–H groups in total. The average Bonchev–Trinajstić information content (AvgIpc) is 3.19. The van der Waals surface area contributed by atoms with Crippen LogP contribution < -0.4 is 9.47 Å². The van der Waals surface area contributed by atoms with Gasteiger partial charge in [0.2, 0.25) is 0 Å². The van der Waals surface area contributed by atoms with Crippen LogP contribution in [0.4, 0.5) is 0 Å². The number of hydrogen-bond acceptors (Lipinski definition) is 6. The van der Waals surface area contributed by atoms with Gasteiger partial charge in [0.05, 0.1) is 24.8 Å². The molecule has 0 aliphatic carbocycles. The van der Waals surface area contributed by atoms with Gasteiger partial charge in [-0.25, -0.2) is 0 Å². The molecule has 0 spiro atoms. The maximum atomic E-state index is 13.3. The predicted molar refractivity (Wildman–Crippen MR) is 150 cm³/mol. The molecule has 1 atom stereocenters. The zero-order chi connectivity index (χ0) is 27.5. The number of aliphatic hydroxyl groups is 1. The van der Waals surface area contributed by atoms with E-state index in [0.29, 0.717) is 31.1 Å². The maximum Gasteiger partial charge on any atom is 0.295 e. The molecule has 7 heteroatoms. The van der Waals surface area contributed by atoms with Crippen LogP contribution in [0, 0.1) is 0 Å². The summed E-state index contributed by atoms with van der Waals surface area (Å²) in [6, 6.07) is 13.8. The van der Waals surface area contributed by atoms with Crippen molar-refractivity contribution >= 4 is 17.4 Å². The van der Waals surface area contributed by atoms with Crippen LogP contribution in [0.3, 0.4) is 0 Å². The second-order valence-electron chi connectivity index (χ2n) is 9.52. The number of amides is 1. The zero-order valence-corrected chi connectivity index (χ0v) is 23.2. The standard InChI is InChI=1S/C31H42N2O5/c1-5-9-22-38-26-17-13-24(14-18-26)29(34)27-28(23-11-15-25(16-12-23)37-21-6-2)33(31(36)30(27)35)20-10-19-32(7-3)8-4/h11-18,28,34H,5-10,19-22H2,1-4H3/t28-/m1/s1. The molecule has 3 rings (SSSR count). The number of likely N-dealkylation sites (tertiary alicyclic amines) is 1. The van der Waals surface area contributed by atoms with Gasteiger partial charge in [-0.1, -0.05) is 46.2 Å². The van der Waals surface area contributed by atoms with Crippen LogP contribution in [0.2, 0.25) is 0 Å². The Labute approximate surface area is 227 Å². The van der Waals surface area contributed by atoms with Crippen molar-refractivity contribution in [1.82, 2.24) is 9.80 Å². The number of benzene rings is 2. The number of aliphatic hydroxyl groups excluding tert-OH is 1. The number of nitrogens with zero attached hydrogens (tertiary/aromatic N) is 2. The predicted octanol–water partition coefficient (Wildman–Crippen LogP) is 5.81. The molecular weight excluding hydrogens is 480 g/mol. The van der Waals surface area contributed by atoms with E-state index in [0.717, 1.165) is 56.6 Å². The molecule has 1 fully saturated rings. The first-order valence-electron chi connectivity index (χ1n) is 13.9. The van der Waals surface area contributed by atoms with Gasteiger partial charge in [0.1, 0.15) is 17.3 Å². The van der Waals surface area contributed by atoms with E-state index in [1.54, 1.807) is 29.2 Å². The van der Waals surface area contributed by atoms with Crippen LogP contribution in [0.15, 0.2) is 54.1 Å². The minimum atomic E-state index is -0.674. The van der Waals surface area contributed by atoms with E-state index in [1.165, 1.54) is 0 Å². The van der Waals surface area contributed by atoms with Gasteiger partial charge in [0.15, 0.2) is 0 Å². The number of Topliss-reactive ketones (excluding diaryl/α,β-unsaturated/α-hetero) is 1. The first-order valence-corrected chi connectivity index (χ1v) is 13.9. The molecule has 1 heterocycles. The van der Waals surface area contributed by atoms with Crippen LogP contribution in [-0.2, 0) is 9.59 Å². The summed E-state index contributed by atoms with van der Waals surface area (Å²) in [5.41, 5.74) is 1.35. The number of hydrogen-bond donors (Lipinski definition) is 1. The first-order chi connectivity index (χ1) is 18.4. The summed E-state index contributed by atoms with van der Waals surface area (Å²) in [6.07, 6.45) is 3.63. The third-order valence-corrected chi connectivity index (χ3v) is 6.87. The van der Waals surface area contributed by atoms with E-state index in [4.69, 9.17) is 9.47 Å². The van der Waals surface area contributed by atoms with E-state index >= 15 is 0 Å². The van der Waals surface area contributed by atoms with Crippen molar-refractivity contribution in [3.05, 3.63) is 65.2 Å². The largest absolute Gasteiger partial charge is 0.507 e. The van der Waals surface area contributed by atoms with Gasteiger partial charge in [-0.15, -0.1) is 0 Å². The monoisotopic (exact) mass is 522 g/mol. The minimum absolute atomic E-state index is 0.111. The van der Waals surface area contributed by atoms with Gasteiger partial charge in [0, 0.05) is 12.1 Å². The number of ether oxygens (including phenoxy) is 2. The molecule has 0 radical (unpaired) electrons. The summed E-state index contributed by atoms with van der Waals surface area (Å²) in [4.78, 5) is 30.4. The highest BCUT2D eigenvalue weighted by Gasteiger charge is 2.45. The lowest BCUT2D eigenvalue weighted by atomic mass is 9.95. The summed E-state index contributed by atoms with van der Waals surface area (Å²) < 4.78 is 11.5. The Hall–Kier alpha value is -3.32. The fourth-order valence-corrected chi connectivity index (χ4v) is 4.63. The Morgan fingerprint density at radius 2 is 1.45 bits per heavy atom. The zero-order valence-electron chi connectivity index (χ0n) is 23.2. The van der Waals surface area contributed by atoms with Crippen molar-refractivity contribution in [2.24, 2.45) is 0 Å². The molecule has 0 bridgehead atoms. The van der Waals surface area contributed by atoms with Crippen molar-refractivity contribution in [3.63, 3.8) is 0 Å². The van der Waals surface area contributed by atoms with Crippen LogP contribution in [0.25, 0.3) is 5.76 Å². The third kappa shape index (κ3) is 7.16. The highest BCUT2D eigenvalue weighted by atomic mass is 16.5. The average molecular weight is 523 g/mol. The van der Waals surface area contributed by atoms with Gasteiger partial charge in [0.25, 0.3) is 11.7 Å². The Morgan fingerprint density at radius 1 is 0.842 bits per heavy atom. The van der Waals surface area contributed by atoms with Gasteiger partial charge >= 0.3 is 0 Å². The summed E-state index contributed by atoms with van der Waals surface area (Å²) in [5.74, 6) is 0.0108. The minimum Gasteiger partial charge on any atom is -0.507 e. The molecule has 0 unspecified atom stereocenters. The van der Waals surface area contributed by atoms with E-state index in [2.05, 4.69) is 25.7 Å². The molecule has 0 saturated carbocycles. The van der Waals surface area contributed by atoms with E-state index in [-0.39, 0.29) is 11.3 Å². The van der Waals surface area contributed by atoms with E-state index in [9.17, 15) is 14.7 Å². The van der Waals surface area contributed by atoms with Crippen LogP contribution in [-0.4, -0.2) is 66.0 Å². The van der Waals surface area contributed by atoms with Crippen molar-refractivity contribution in [3.8, 4) is 11.5 Å². The van der Waals surface area contributed by atoms with Crippen molar-refractivity contribution in [1.29, 1.82) is 0 Å².